The second-order valence-electron chi connectivity index (χ2n) is 7.46. The lowest BCUT2D eigenvalue weighted by atomic mass is 9.86. The Bertz CT molecular complexity index is 933. The summed E-state index contributed by atoms with van der Waals surface area (Å²) in [6.07, 6.45) is -0.260. The Morgan fingerprint density at radius 3 is 2.29 bits per heavy atom. The molecule has 0 radical (unpaired) electrons. The van der Waals surface area contributed by atoms with Gasteiger partial charge in [-0.25, -0.2) is 8.42 Å². The van der Waals surface area contributed by atoms with E-state index in [0.29, 0.717) is 32.0 Å². The van der Waals surface area contributed by atoms with Crippen molar-refractivity contribution < 1.29 is 21.6 Å². The molecule has 0 saturated carbocycles. The molecule has 11 heteroatoms. The summed E-state index contributed by atoms with van der Waals surface area (Å²) < 4.78 is 64.8. The number of alkyl halides is 3. The Balaban J connectivity index is 1.82. The smallest absolute Gasteiger partial charge is 0.370 e. The molecule has 1 aliphatic heterocycles. The molecule has 28 heavy (non-hydrogen) atoms. The standard InChI is InChI=1S/C17H22F3N5O2S/c1-16(2,12-5-8-25(9-6-12)13-4-7-21-22-11-13)28(26,27)15-10-14(17(18,19)20)23-24(15)3/h4,7,10-12H,5-6,8-9H2,1-3H3. The van der Waals surface area contributed by atoms with Crippen molar-refractivity contribution in [1.82, 2.24) is 20.0 Å². The zero-order valence-corrected chi connectivity index (χ0v) is 16.6. The molecule has 0 spiro atoms. The average molecular weight is 417 g/mol. The summed E-state index contributed by atoms with van der Waals surface area (Å²) in [7, 11) is -2.81. The molecule has 2 aromatic heterocycles. The van der Waals surface area contributed by atoms with Gasteiger partial charge in [-0.2, -0.15) is 28.5 Å². The van der Waals surface area contributed by atoms with Crippen LogP contribution in [-0.2, 0) is 23.1 Å². The molecule has 154 valence electrons. The third-order valence-corrected chi connectivity index (χ3v) is 8.16. The largest absolute Gasteiger partial charge is 0.435 e. The van der Waals surface area contributed by atoms with Crippen molar-refractivity contribution in [2.75, 3.05) is 18.0 Å². The lowest BCUT2D eigenvalue weighted by Gasteiger charge is -2.40. The van der Waals surface area contributed by atoms with Gasteiger partial charge in [0, 0.05) is 26.2 Å². The average Bonchev–Trinajstić information content (AvgIpc) is 3.05. The van der Waals surface area contributed by atoms with Crippen LogP contribution in [0.1, 0.15) is 32.4 Å². The van der Waals surface area contributed by atoms with Crippen LogP contribution in [-0.4, -0.2) is 46.2 Å². The van der Waals surface area contributed by atoms with Crippen LogP contribution in [0, 0.1) is 5.92 Å². The third-order valence-electron chi connectivity index (χ3n) is 5.51. The number of halogens is 3. The molecule has 2 aromatic rings. The molecule has 3 rings (SSSR count). The summed E-state index contributed by atoms with van der Waals surface area (Å²) in [5.74, 6) is -0.201. The third kappa shape index (κ3) is 3.59. The van der Waals surface area contributed by atoms with Gasteiger partial charge in [0.25, 0.3) is 0 Å². The molecule has 0 unspecified atom stereocenters. The van der Waals surface area contributed by atoms with Crippen molar-refractivity contribution in [2.24, 2.45) is 13.0 Å². The van der Waals surface area contributed by atoms with Gasteiger partial charge in [-0.05, 0) is 38.7 Å². The van der Waals surface area contributed by atoms with Crippen molar-refractivity contribution in [2.45, 2.75) is 42.6 Å². The number of rotatable bonds is 4. The maximum Gasteiger partial charge on any atom is 0.435 e. The van der Waals surface area contributed by atoms with Crippen LogP contribution in [0.2, 0.25) is 0 Å². The Morgan fingerprint density at radius 2 is 1.79 bits per heavy atom. The molecule has 0 aromatic carbocycles. The van der Waals surface area contributed by atoms with Gasteiger partial charge in [-0.1, -0.05) is 0 Å². The number of aryl methyl sites for hydroxylation is 1. The lowest BCUT2D eigenvalue weighted by Crippen LogP contribution is -2.46. The molecule has 0 aliphatic carbocycles. The van der Waals surface area contributed by atoms with Crippen LogP contribution in [0.5, 0.6) is 0 Å². The van der Waals surface area contributed by atoms with Gasteiger partial charge in [0.2, 0.25) is 9.84 Å². The molecule has 0 atom stereocenters. The number of piperidine rings is 1. The zero-order chi connectivity index (χ0) is 20.7. The molecule has 1 aliphatic rings. The van der Waals surface area contributed by atoms with Crippen molar-refractivity contribution >= 4 is 15.5 Å². The topological polar surface area (TPSA) is 81.0 Å². The maximum atomic E-state index is 13.2. The molecular weight excluding hydrogens is 395 g/mol. The van der Waals surface area contributed by atoms with Crippen LogP contribution < -0.4 is 4.90 Å². The van der Waals surface area contributed by atoms with E-state index in [0.717, 1.165) is 10.4 Å². The van der Waals surface area contributed by atoms with Gasteiger partial charge in [-0.3, -0.25) is 4.68 Å². The minimum atomic E-state index is -4.69. The molecule has 1 saturated heterocycles. The summed E-state index contributed by atoms with van der Waals surface area (Å²) in [6.45, 7) is 4.43. The Hall–Kier alpha value is -2.17. The first-order valence-corrected chi connectivity index (χ1v) is 10.3. The highest BCUT2D eigenvalue weighted by atomic mass is 32.2. The van der Waals surface area contributed by atoms with E-state index in [-0.39, 0.29) is 5.92 Å². The first-order chi connectivity index (χ1) is 12.9. The summed E-state index contributed by atoms with van der Waals surface area (Å²) >= 11 is 0. The molecule has 0 amide bonds. The van der Waals surface area contributed by atoms with E-state index in [2.05, 4.69) is 20.2 Å². The van der Waals surface area contributed by atoms with E-state index in [1.807, 2.05) is 6.07 Å². The second-order valence-corrected chi connectivity index (χ2v) is 9.94. The zero-order valence-electron chi connectivity index (χ0n) is 15.8. The van der Waals surface area contributed by atoms with E-state index in [1.54, 1.807) is 26.2 Å². The van der Waals surface area contributed by atoms with Crippen molar-refractivity contribution in [1.29, 1.82) is 0 Å². The van der Waals surface area contributed by atoms with Crippen LogP contribution in [0.4, 0.5) is 18.9 Å². The number of sulfone groups is 1. The van der Waals surface area contributed by atoms with Crippen LogP contribution in [0.15, 0.2) is 29.6 Å². The fourth-order valence-electron chi connectivity index (χ4n) is 3.63. The quantitative estimate of drug-likeness (QED) is 0.761. The maximum absolute atomic E-state index is 13.2. The molecule has 0 bridgehead atoms. The number of anilines is 1. The van der Waals surface area contributed by atoms with E-state index >= 15 is 0 Å². The fraction of sp³-hybridized carbons (Fsp3) is 0.588. The SMILES string of the molecule is Cn1nc(C(F)(F)F)cc1S(=O)(=O)C(C)(C)C1CCN(c2ccnnc2)CC1. The van der Waals surface area contributed by atoms with Gasteiger partial charge in [0.15, 0.2) is 10.7 Å². The molecular formula is C17H22F3N5O2S. The van der Waals surface area contributed by atoms with Crippen molar-refractivity contribution in [3.63, 3.8) is 0 Å². The fourth-order valence-corrected chi connectivity index (χ4v) is 5.50. The monoisotopic (exact) mass is 417 g/mol. The normalized spacial score (nSPS) is 17.1. The summed E-state index contributed by atoms with van der Waals surface area (Å²) in [5, 5.41) is 10.5. The summed E-state index contributed by atoms with van der Waals surface area (Å²) in [6, 6.07) is 2.46. The highest BCUT2D eigenvalue weighted by Gasteiger charge is 2.46. The van der Waals surface area contributed by atoms with E-state index in [9.17, 15) is 21.6 Å². The Labute approximate surface area is 161 Å². The minimum absolute atomic E-state index is 0.201. The number of nitrogens with zero attached hydrogens (tertiary/aromatic N) is 5. The number of aromatic nitrogens is 4. The van der Waals surface area contributed by atoms with E-state index in [1.165, 1.54) is 7.05 Å². The highest BCUT2D eigenvalue weighted by Crippen LogP contribution is 2.39. The minimum Gasteiger partial charge on any atom is -0.370 e. The van der Waals surface area contributed by atoms with Gasteiger partial charge >= 0.3 is 6.18 Å². The summed E-state index contributed by atoms with van der Waals surface area (Å²) in [5.41, 5.74) is -0.292. The number of hydrogen-bond donors (Lipinski definition) is 0. The lowest BCUT2D eigenvalue weighted by molar-refractivity contribution is -0.141. The molecule has 0 N–H and O–H groups in total. The Kier molecular flexibility index (Phi) is 5.15. The van der Waals surface area contributed by atoms with Crippen LogP contribution in [0.25, 0.3) is 0 Å². The van der Waals surface area contributed by atoms with Gasteiger partial charge in [0.05, 0.1) is 22.8 Å². The second kappa shape index (κ2) is 7.02. The van der Waals surface area contributed by atoms with E-state index < -0.39 is 31.5 Å². The van der Waals surface area contributed by atoms with Crippen LogP contribution in [0.3, 0.4) is 0 Å². The predicted molar refractivity (Wildman–Crippen MR) is 96.4 cm³/mol. The first kappa shape index (κ1) is 20.6. The van der Waals surface area contributed by atoms with Gasteiger partial charge in [-0.15, -0.1) is 0 Å². The number of hydrogen-bond acceptors (Lipinski definition) is 6. The molecule has 1 fully saturated rings. The first-order valence-electron chi connectivity index (χ1n) is 8.82. The van der Waals surface area contributed by atoms with Crippen molar-refractivity contribution in [3.8, 4) is 0 Å². The van der Waals surface area contributed by atoms with Crippen LogP contribution >= 0.6 is 0 Å². The highest BCUT2D eigenvalue weighted by molar-refractivity contribution is 7.92. The van der Waals surface area contributed by atoms with Crippen molar-refractivity contribution in [3.05, 3.63) is 30.2 Å². The molecule has 3 heterocycles. The predicted octanol–water partition coefficient (Wildman–Crippen LogP) is 2.70. The Morgan fingerprint density at radius 1 is 1.14 bits per heavy atom. The van der Waals surface area contributed by atoms with Gasteiger partial charge < -0.3 is 4.90 Å². The van der Waals surface area contributed by atoms with Gasteiger partial charge in [0.1, 0.15) is 0 Å². The summed E-state index contributed by atoms with van der Waals surface area (Å²) in [4.78, 5) is 2.10. The van der Waals surface area contributed by atoms with E-state index in [4.69, 9.17) is 0 Å². The molecule has 7 nitrogen and oxygen atoms in total.